The van der Waals surface area contributed by atoms with Crippen LogP contribution in [-0.4, -0.2) is 30.2 Å². The zero-order valence-electron chi connectivity index (χ0n) is 16.5. The Balaban J connectivity index is 1.52. The van der Waals surface area contributed by atoms with Gasteiger partial charge in [0.15, 0.2) is 0 Å². The molecule has 0 radical (unpaired) electrons. The molecule has 1 aliphatic heterocycles. The quantitative estimate of drug-likeness (QED) is 0.640. The third-order valence-corrected chi connectivity index (χ3v) is 4.89. The van der Waals surface area contributed by atoms with Crippen molar-refractivity contribution in [2.75, 3.05) is 23.4 Å². The number of carbonyl (C=O) groups excluding carboxylic acids is 2. The van der Waals surface area contributed by atoms with E-state index in [2.05, 4.69) is 5.32 Å². The number of benzene rings is 3. The first-order chi connectivity index (χ1) is 14.7. The summed E-state index contributed by atoms with van der Waals surface area (Å²) in [6, 6.07) is 26.8. The number of cyclic esters (lactones) is 1. The number of anilines is 2. The summed E-state index contributed by atoms with van der Waals surface area (Å²) in [6.07, 6.45) is -0.367. The molecular formula is C24H23N3O3. The van der Waals surface area contributed by atoms with Crippen molar-refractivity contribution in [1.82, 2.24) is 4.90 Å². The van der Waals surface area contributed by atoms with E-state index in [1.807, 2.05) is 78.9 Å². The Morgan fingerprint density at radius 2 is 1.53 bits per heavy atom. The Hall–Kier alpha value is -3.80. The molecule has 1 N–H and O–H groups in total. The summed E-state index contributed by atoms with van der Waals surface area (Å²) in [5.74, 6) is 0. The van der Waals surface area contributed by atoms with Gasteiger partial charge in [-0.05, 0) is 29.3 Å². The number of urea groups is 1. The standard InChI is InChI=1S/C24H23N3O3/c28-23(25-21-12-7-13-22(16-21)27-14-15-30-24(27)29)26(17-19-8-3-1-4-9-19)18-20-10-5-2-6-11-20/h1-13,16H,14-15,17-18H2,(H,25,28). The van der Waals surface area contributed by atoms with Gasteiger partial charge in [0, 0.05) is 24.5 Å². The van der Waals surface area contributed by atoms with E-state index in [-0.39, 0.29) is 12.1 Å². The van der Waals surface area contributed by atoms with Crippen molar-refractivity contribution < 1.29 is 14.3 Å². The fourth-order valence-electron chi connectivity index (χ4n) is 3.39. The maximum absolute atomic E-state index is 13.1. The van der Waals surface area contributed by atoms with Gasteiger partial charge in [-0.2, -0.15) is 0 Å². The Morgan fingerprint density at radius 1 is 0.900 bits per heavy atom. The van der Waals surface area contributed by atoms with Gasteiger partial charge >= 0.3 is 12.1 Å². The molecule has 0 saturated carbocycles. The van der Waals surface area contributed by atoms with Gasteiger partial charge in [0.2, 0.25) is 0 Å². The molecule has 1 heterocycles. The van der Waals surface area contributed by atoms with Crippen LogP contribution in [0.3, 0.4) is 0 Å². The van der Waals surface area contributed by atoms with Gasteiger partial charge in [-0.1, -0.05) is 66.7 Å². The molecule has 0 unspecified atom stereocenters. The van der Waals surface area contributed by atoms with Crippen molar-refractivity contribution in [2.45, 2.75) is 13.1 Å². The highest BCUT2D eigenvalue weighted by atomic mass is 16.6. The van der Waals surface area contributed by atoms with Crippen molar-refractivity contribution in [3.8, 4) is 0 Å². The summed E-state index contributed by atoms with van der Waals surface area (Å²) in [5.41, 5.74) is 3.44. The normalized spacial score (nSPS) is 13.1. The highest BCUT2D eigenvalue weighted by molar-refractivity contribution is 5.93. The lowest BCUT2D eigenvalue weighted by atomic mass is 10.2. The predicted molar refractivity (Wildman–Crippen MR) is 116 cm³/mol. The predicted octanol–water partition coefficient (Wildman–Crippen LogP) is 4.88. The van der Waals surface area contributed by atoms with Crippen LogP contribution >= 0.6 is 0 Å². The highest BCUT2D eigenvalue weighted by Crippen LogP contribution is 2.23. The van der Waals surface area contributed by atoms with Gasteiger partial charge in [0.25, 0.3) is 0 Å². The monoisotopic (exact) mass is 401 g/mol. The molecule has 0 aromatic heterocycles. The zero-order valence-corrected chi connectivity index (χ0v) is 16.5. The third kappa shape index (κ3) is 4.78. The lowest BCUT2D eigenvalue weighted by Crippen LogP contribution is -2.34. The first kappa shape index (κ1) is 19.5. The van der Waals surface area contributed by atoms with Crippen molar-refractivity contribution in [2.24, 2.45) is 0 Å². The van der Waals surface area contributed by atoms with Crippen LogP contribution < -0.4 is 10.2 Å². The lowest BCUT2D eigenvalue weighted by Gasteiger charge is -2.24. The molecule has 0 aliphatic carbocycles. The van der Waals surface area contributed by atoms with Crippen LogP contribution in [-0.2, 0) is 17.8 Å². The molecular weight excluding hydrogens is 378 g/mol. The second-order valence-electron chi connectivity index (χ2n) is 7.07. The molecule has 3 aromatic carbocycles. The minimum absolute atomic E-state index is 0.205. The van der Waals surface area contributed by atoms with Crippen LogP contribution in [0.15, 0.2) is 84.9 Å². The number of carbonyl (C=O) groups is 2. The first-order valence-electron chi connectivity index (χ1n) is 9.87. The second kappa shape index (κ2) is 9.13. The summed E-state index contributed by atoms with van der Waals surface area (Å²) < 4.78 is 5.00. The summed E-state index contributed by atoms with van der Waals surface area (Å²) in [5, 5.41) is 2.97. The van der Waals surface area contributed by atoms with Gasteiger partial charge in [-0.15, -0.1) is 0 Å². The molecule has 3 amide bonds. The van der Waals surface area contributed by atoms with Gasteiger partial charge in [-0.25, -0.2) is 9.59 Å². The average molecular weight is 401 g/mol. The number of ether oxygens (including phenoxy) is 1. The number of nitrogens with zero attached hydrogens (tertiary/aromatic N) is 2. The molecule has 0 spiro atoms. The topological polar surface area (TPSA) is 61.9 Å². The first-order valence-corrected chi connectivity index (χ1v) is 9.87. The van der Waals surface area contributed by atoms with Gasteiger partial charge < -0.3 is 15.0 Å². The van der Waals surface area contributed by atoms with Crippen LogP contribution in [0.5, 0.6) is 0 Å². The van der Waals surface area contributed by atoms with Gasteiger partial charge in [0.1, 0.15) is 6.61 Å². The molecule has 6 heteroatoms. The van der Waals surface area contributed by atoms with Gasteiger partial charge in [0.05, 0.1) is 6.54 Å². The second-order valence-corrected chi connectivity index (χ2v) is 7.07. The molecule has 0 atom stereocenters. The number of amides is 3. The van der Waals surface area contributed by atoms with Crippen molar-refractivity contribution in [3.63, 3.8) is 0 Å². The SMILES string of the molecule is O=C(Nc1cccc(N2CCOC2=O)c1)N(Cc1ccccc1)Cc1ccccc1. The fourth-order valence-corrected chi connectivity index (χ4v) is 3.39. The van der Waals surface area contributed by atoms with Crippen molar-refractivity contribution in [1.29, 1.82) is 0 Å². The minimum atomic E-state index is -0.367. The number of hydrogen-bond acceptors (Lipinski definition) is 3. The van der Waals surface area contributed by atoms with Crippen LogP contribution in [0.4, 0.5) is 21.0 Å². The fraction of sp³-hybridized carbons (Fsp3) is 0.167. The van der Waals surface area contributed by atoms with Crippen molar-refractivity contribution >= 4 is 23.5 Å². The number of hydrogen-bond donors (Lipinski definition) is 1. The average Bonchev–Trinajstić information content (AvgIpc) is 3.21. The molecule has 1 aliphatic rings. The molecule has 152 valence electrons. The van der Waals surface area contributed by atoms with Gasteiger partial charge in [-0.3, -0.25) is 4.90 Å². The van der Waals surface area contributed by atoms with E-state index in [0.717, 1.165) is 11.1 Å². The van der Waals surface area contributed by atoms with Crippen LogP contribution in [0.2, 0.25) is 0 Å². The Labute approximate surface area is 175 Å². The Kier molecular flexibility index (Phi) is 5.94. The molecule has 1 saturated heterocycles. The van der Waals surface area contributed by atoms with Crippen molar-refractivity contribution in [3.05, 3.63) is 96.1 Å². The van der Waals surface area contributed by atoms with Crippen LogP contribution in [0.25, 0.3) is 0 Å². The van der Waals surface area contributed by atoms with E-state index in [1.54, 1.807) is 15.9 Å². The zero-order chi connectivity index (χ0) is 20.8. The molecule has 30 heavy (non-hydrogen) atoms. The molecule has 4 rings (SSSR count). The maximum Gasteiger partial charge on any atom is 0.414 e. The highest BCUT2D eigenvalue weighted by Gasteiger charge is 2.24. The van der Waals surface area contributed by atoms with E-state index in [1.165, 1.54) is 0 Å². The summed E-state index contributed by atoms with van der Waals surface area (Å²) in [6.45, 7) is 1.85. The van der Waals surface area contributed by atoms with E-state index in [4.69, 9.17) is 4.74 Å². The molecule has 0 bridgehead atoms. The lowest BCUT2D eigenvalue weighted by molar-refractivity contribution is 0.181. The summed E-state index contributed by atoms with van der Waals surface area (Å²) in [7, 11) is 0. The third-order valence-electron chi connectivity index (χ3n) is 4.89. The smallest absolute Gasteiger partial charge is 0.414 e. The molecule has 3 aromatic rings. The van der Waals surface area contributed by atoms with E-state index < -0.39 is 0 Å². The van der Waals surface area contributed by atoms with Crippen LogP contribution in [0.1, 0.15) is 11.1 Å². The maximum atomic E-state index is 13.1. The molecule has 6 nitrogen and oxygen atoms in total. The Morgan fingerprint density at radius 3 is 2.10 bits per heavy atom. The van der Waals surface area contributed by atoms with E-state index in [9.17, 15) is 9.59 Å². The van der Waals surface area contributed by atoms with Crippen LogP contribution in [0, 0.1) is 0 Å². The summed E-state index contributed by atoms with van der Waals surface area (Å²) >= 11 is 0. The molecule has 1 fully saturated rings. The Bertz CT molecular complexity index is 967. The number of rotatable bonds is 6. The summed E-state index contributed by atoms with van der Waals surface area (Å²) in [4.78, 5) is 28.3. The number of nitrogens with one attached hydrogen (secondary N) is 1. The minimum Gasteiger partial charge on any atom is -0.447 e. The van der Waals surface area contributed by atoms with E-state index in [0.29, 0.717) is 37.6 Å². The largest absolute Gasteiger partial charge is 0.447 e. The van der Waals surface area contributed by atoms with E-state index >= 15 is 0 Å².